The highest BCUT2D eigenvalue weighted by molar-refractivity contribution is 5.83. The smallest absolute Gasteiger partial charge is 0.226 e. The molecule has 104 valence electrons. The van der Waals surface area contributed by atoms with Crippen LogP contribution < -0.4 is 11.1 Å². The third-order valence-electron chi connectivity index (χ3n) is 3.73. The topological polar surface area (TPSA) is 80.9 Å². The lowest BCUT2D eigenvalue weighted by molar-refractivity contribution is -0.137. The molecule has 1 heterocycles. The van der Waals surface area contributed by atoms with E-state index in [1.54, 1.807) is 12.3 Å². The Labute approximate surface area is 114 Å². The van der Waals surface area contributed by atoms with Crippen molar-refractivity contribution in [2.24, 2.45) is 11.3 Å². The Balaban J connectivity index is 1.93. The number of anilines is 1. The minimum Gasteiger partial charge on any atom is -0.384 e. The molecule has 1 aromatic rings. The number of carbonyl (C=O) groups is 1. The summed E-state index contributed by atoms with van der Waals surface area (Å²) in [6.45, 7) is 4.67. The van der Waals surface area contributed by atoms with Gasteiger partial charge in [-0.15, -0.1) is 0 Å². The van der Waals surface area contributed by atoms with E-state index in [-0.39, 0.29) is 11.3 Å². The molecule has 0 radical (unpaired) electrons. The van der Waals surface area contributed by atoms with Gasteiger partial charge in [0.2, 0.25) is 5.91 Å². The van der Waals surface area contributed by atoms with Gasteiger partial charge in [0.1, 0.15) is 11.6 Å². The maximum absolute atomic E-state index is 12.3. The second-order valence-electron chi connectivity index (χ2n) is 5.81. The molecule has 19 heavy (non-hydrogen) atoms. The second kappa shape index (κ2) is 5.55. The molecule has 0 bridgehead atoms. The van der Waals surface area contributed by atoms with Crippen LogP contribution in [0.2, 0.25) is 0 Å². The van der Waals surface area contributed by atoms with E-state index in [0.29, 0.717) is 24.1 Å². The molecule has 1 aliphatic carbocycles. The normalized spacial score (nSPS) is 17.0. The quantitative estimate of drug-likeness (QED) is 0.849. The van der Waals surface area contributed by atoms with Crippen molar-refractivity contribution >= 4 is 11.7 Å². The Kier molecular flexibility index (Phi) is 4.02. The van der Waals surface area contributed by atoms with E-state index in [2.05, 4.69) is 29.1 Å². The van der Waals surface area contributed by atoms with Crippen molar-refractivity contribution in [2.45, 2.75) is 46.1 Å². The third-order valence-corrected chi connectivity index (χ3v) is 3.73. The van der Waals surface area contributed by atoms with Crippen LogP contribution in [0.3, 0.4) is 0 Å². The van der Waals surface area contributed by atoms with Gasteiger partial charge in [0.05, 0.1) is 6.54 Å². The SMILES string of the molecule is CC(C)CC1(C(=O)NCc2nccc(N)n2)CCC1. The molecule has 0 aromatic carbocycles. The maximum Gasteiger partial charge on any atom is 0.226 e. The van der Waals surface area contributed by atoms with Crippen molar-refractivity contribution in [2.75, 3.05) is 5.73 Å². The highest BCUT2D eigenvalue weighted by Gasteiger charge is 2.43. The molecule has 0 saturated heterocycles. The van der Waals surface area contributed by atoms with E-state index in [1.165, 1.54) is 0 Å². The van der Waals surface area contributed by atoms with Crippen molar-refractivity contribution in [3.63, 3.8) is 0 Å². The molecule has 0 unspecified atom stereocenters. The summed E-state index contributed by atoms with van der Waals surface area (Å²) in [4.78, 5) is 20.5. The number of nitrogens with one attached hydrogen (secondary N) is 1. The van der Waals surface area contributed by atoms with Gasteiger partial charge in [0, 0.05) is 11.6 Å². The molecule has 3 N–H and O–H groups in total. The molecule has 0 spiro atoms. The van der Waals surface area contributed by atoms with Crippen LogP contribution in [0.15, 0.2) is 12.3 Å². The number of rotatable bonds is 5. The summed E-state index contributed by atoms with van der Waals surface area (Å²) in [5.41, 5.74) is 5.43. The zero-order valence-electron chi connectivity index (χ0n) is 11.6. The average Bonchev–Trinajstić information content (AvgIpc) is 2.30. The van der Waals surface area contributed by atoms with Crippen LogP contribution in [0.1, 0.15) is 45.4 Å². The third kappa shape index (κ3) is 3.22. The first-order chi connectivity index (χ1) is 9.02. The summed E-state index contributed by atoms with van der Waals surface area (Å²) >= 11 is 0. The Bertz CT molecular complexity index is 455. The molecule has 5 heteroatoms. The molecule has 5 nitrogen and oxygen atoms in total. The molecule has 2 rings (SSSR count). The largest absolute Gasteiger partial charge is 0.384 e. The van der Waals surface area contributed by atoms with Gasteiger partial charge in [-0.25, -0.2) is 9.97 Å². The highest BCUT2D eigenvalue weighted by Crippen LogP contribution is 2.46. The number of nitrogens with zero attached hydrogens (tertiary/aromatic N) is 2. The number of nitrogen functional groups attached to an aromatic ring is 1. The van der Waals surface area contributed by atoms with E-state index in [9.17, 15) is 4.79 Å². The number of amides is 1. The Morgan fingerprint density at radius 3 is 2.79 bits per heavy atom. The van der Waals surface area contributed by atoms with Crippen LogP contribution in [-0.2, 0) is 11.3 Å². The number of hydrogen-bond acceptors (Lipinski definition) is 4. The Morgan fingerprint density at radius 2 is 2.26 bits per heavy atom. The molecule has 1 saturated carbocycles. The Hall–Kier alpha value is -1.65. The molecule has 0 atom stereocenters. The monoisotopic (exact) mass is 262 g/mol. The summed E-state index contributed by atoms with van der Waals surface area (Å²) < 4.78 is 0. The summed E-state index contributed by atoms with van der Waals surface area (Å²) in [5, 5.41) is 2.95. The van der Waals surface area contributed by atoms with Crippen LogP contribution in [-0.4, -0.2) is 15.9 Å². The molecule has 1 amide bonds. The van der Waals surface area contributed by atoms with Gasteiger partial charge in [0.25, 0.3) is 0 Å². The first-order valence-electron chi connectivity index (χ1n) is 6.87. The van der Waals surface area contributed by atoms with Crippen molar-refractivity contribution < 1.29 is 4.79 Å². The summed E-state index contributed by atoms with van der Waals surface area (Å²) in [6.07, 6.45) is 5.70. The van der Waals surface area contributed by atoms with Crippen LogP contribution >= 0.6 is 0 Å². The predicted molar refractivity (Wildman–Crippen MR) is 74.0 cm³/mol. The maximum atomic E-state index is 12.3. The minimum absolute atomic E-state index is 0.137. The van der Waals surface area contributed by atoms with Gasteiger partial charge in [-0.3, -0.25) is 4.79 Å². The Morgan fingerprint density at radius 1 is 1.53 bits per heavy atom. The van der Waals surface area contributed by atoms with Crippen molar-refractivity contribution in [1.29, 1.82) is 0 Å². The lowest BCUT2D eigenvalue weighted by atomic mass is 9.64. The fraction of sp³-hybridized carbons (Fsp3) is 0.643. The molecule has 1 aliphatic rings. The first-order valence-corrected chi connectivity index (χ1v) is 6.87. The molecular formula is C14H22N4O. The molecule has 1 fully saturated rings. The van der Waals surface area contributed by atoms with Gasteiger partial charge < -0.3 is 11.1 Å². The van der Waals surface area contributed by atoms with E-state index >= 15 is 0 Å². The van der Waals surface area contributed by atoms with Crippen LogP contribution in [0.25, 0.3) is 0 Å². The number of carbonyl (C=O) groups excluding carboxylic acids is 1. The van der Waals surface area contributed by atoms with Crippen LogP contribution in [0.5, 0.6) is 0 Å². The molecule has 0 aliphatic heterocycles. The number of aromatic nitrogens is 2. The number of hydrogen-bond donors (Lipinski definition) is 2. The average molecular weight is 262 g/mol. The van der Waals surface area contributed by atoms with Crippen molar-refractivity contribution in [3.05, 3.63) is 18.1 Å². The fourth-order valence-corrected chi connectivity index (χ4v) is 2.76. The van der Waals surface area contributed by atoms with Gasteiger partial charge in [-0.1, -0.05) is 20.3 Å². The summed E-state index contributed by atoms with van der Waals surface area (Å²) in [6, 6.07) is 1.64. The van der Waals surface area contributed by atoms with Crippen molar-refractivity contribution in [1.82, 2.24) is 15.3 Å². The standard InChI is InChI=1S/C14H22N4O/c1-10(2)8-14(5-3-6-14)13(19)17-9-12-16-7-4-11(15)18-12/h4,7,10H,3,5-6,8-9H2,1-2H3,(H,17,19)(H2,15,16,18). The number of nitrogens with two attached hydrogens (primary N) is 1. The predicted octanol–water partition coefficient (Wildman–Crippen LogP) is 1.89. The minimum atomic E-state index is -0.158. The van der Waals surface area contributed by atoms with Gasteiger partial charge >= 0.3 is 0 Å². The molecular weight excluding hydrogens is 240 g/mol. The van der Waals surface area contributed by atoms with E-state index in [1.807, 2.05) is 0 Å². The highest BCUT2D eigenvalue weighted by atomic mass is 16.2. The van der Waals surface area contributed by atoms with E-state index in [0.717, 1.165) is 25.7 Å². The summed E-state index contributed by atoms with van der Waals surface area (Å²) in [5.74, 6) is 1.67. The van der Waals surface area contributed by atoms with Crippen molar-refractivity contribution in [3.8, 4) is 0 Å². The van der Waals surface area contributed by atoms with Crippen LogP contribution in [0.4, 0.5) is 5.82 Å². The van der Waals surface area contributed by atoms with Gasteiger partial charge in [0.15, 0.2) is 0 Å². The lowest BCUT2D eigenvalue weighted by Gasteiger charge is -2.41. The van der Waals surface area contributed by atoms with E-state index in [4.69, 9.17) is 5.73 Å². The second-order valence-corrected chi connectivity index (χ2v) is 5.81. The lowest BCUT2D eigenvalue weighted by Crippen LogP contribution is -2.46. The summed E-state index contributed by atoms with van der Waals surface area (Å²) in [7, 11) is 0. The fourth-order valence-electron chi connectivity index (χ4n) is 2.76. The molecule has 1 aromatic heterocycles. The van der Waals surface area contributed by atoms with E-state index < -0.39 is 0 Å². The van der Waals surface area contributed by atoms with Crippen LogP contribution in [0, 0.1) is 11.3 Å². The first kappa shape index (κ1) is 13.8. The zero-order valence-corrected chi connectivity index (χ0v) is 11.6. The van der Waals surface area contributed by atoms with Gasteiger partial charge in [-0.2, -0.15) is 0 Å². The zero-order chi connectivity index (χ0) is 13.9. The van der Waals surface area contributed by atoms with Gasteiger partial charge in [-0.05, 0) is 31.2 Å².